The summed E-state index contributed by atoms with van der Waals surface area (Å²) in [5.41, 5.74) is -1.09. The quantitative estimate of drug-likeness (QED) is 0.596. The third-order valence-corrected chi connectivity index (χ3v) is 4.85. The molecule has 1 saturated carbocycles. The van der Waals surface area contributed by atoms with E-state index in [-0.39, 0.29) is 19.6 Å². The van der Waals surface area contributed by atoms with Gasteiger partial charge in [0, 0.05) is 12.3 Å². The fraction of sp³-hybridized carbons (Fsp3) is 0.550. The summed E-state index contributed by atoms with van der Waals surface area (Å²) in [6.45, 7) is 4.96. The van der Waals surface area contributed by atoms with E-state index >= 15 is 0 Å². The van der Waals surface area contributed by atoms with Crippen LogP contribution in [-0.2, 0) is 23.9 Å². The van der Waals surface area contributed by atoms with Crippen LogP contribution in [0.1, 0.15) is 38.7 Å². The Hall–Kier alpha value is -2.41. The van der Waals surface area contributed by atoms with Crippen molar-refractivity contribution in [2.24, 2.45) is 11.8 Å². The van der Waals surface area contributed by atoms with Gasteiger partial charge in [-0.05, 0) is 38.5 Å². The molecule has 0 saturated heterocycles. The van der Waals surface area contributed by atoms with Crippen molar-refractivity contribution in [3.05, 3.63) is 29.8 Å². The van der Waals surface area contributed by atoms with Crippen LogP contribution in [0.3, 0.4) is 0 Å². The normalized spacial score (nSPS) is 27.7. The largest absolute Gasteiger partial charge is 0.497 e. The van der Waals surface area contributed by atoms with E-state index in [1.807, 2.05) is 0 Å². The summed E-state index contributed by atoms with van der Waals surface area (Å²) in [6, 6.07) is 6.70. The standard InChI is InChI=1S/C20H26O7/c1-5-26-18(22)16-14(21)11-20(3,24)17(19(23)27-6-2)15(16)12-7-9-13(25-4)10-8-12/h7-10,15-17,24H,5-6,11H2,1-4H3/t15-,16+,17-,20+/m1/s1. The molecule has 2 rings (SSSR count). The molecule has 4 atom stereocenters. The molecular formula is C20H26O7. The van der Waals surface area contributed by atoms with Crippen LogP contribution in [0.15, 0.2) is 24.3 Å². The van der Waals surface area contributed by atoms with E-state index in [0.29, 0.717) is 11.3 Å². The third-order valence-electron chi connectivity index (χ3n) is 4.85. The smallest absolute Gasteiger partial charge is 0.317 e. The number of ether oxygens (including phenoxy) is 3. The molecule has 1 aliphatic rings. The first-order valence-electron chi connectivity index (χ1n) is 8.99. The Balaban J connectivity index is 2.59. The van der Waals surface area contributed by atoms with Crippen LogP contribution in [0.4, 0.5) is 0 Å². The Morgan fingerprint density at radius 2 is 1.67 bits per heavy atom. The summed E-state index contributed by atoms with van der Waals surface area (Å²) >= 11 is 0. The summed E-state index contributed by atoms with van der Waals surface area (Å²) in [4.78, 5) is 38.0. The molecule has 1 aromatic carbocycles. The Morgan fingerprint density at radius 3 is 2.19 bits per heavy atom. The zero-order valence-corrected chi connectivity index (χ0v) is 16.1. The van der Waals surface area contributed by atoms with Crippen molar-refractivity contribution in [1.82, 2.24) is 0 Å². The summed E-state index contributed by atoms with van der Waals surface area (Å²) < 4.78 is 15.4. The lowest BCUT2D eigenvalue weighted by Gasteiger charge is -2.43. The predicted molar refractivity (Wildman–Crippen MR) is 96.2 cm³/mol. The summed E-state index contributed by atoms with van der Waals surface area (Å²) in [7, 11) is 1.52. The van der Waals surface area contributed by atoms with Crippen molar-refractivity contribution in [2.45, 2.75) is 38.7 Å². The topological polar surface area (TPSA) is 99.1 Å². The summed E-state index contributed by atoms with van der Waals surface area (Å²) in [5.74, 6) is -4.39. The van der Waals surface area contributed by atoms with Crippen LogP contribution < -0.4 is 4.74 Å². The number of rotatable bonds is 6. The van der Waals surface area contributed by atoms with E-state index in [1.54, 1.807) is 38.1 Å². The minimum absolute atomic E-state index is 0.110. The van der Waals surface area contributed by atoms with Crippen LogP contribution in [-0.4, -0.2) is 48.8 Å². The highest BCUT2D eigenvalue weighted by molar-refractivity contribution is 6.02. The molecule has 0 aromatic heterocycles. The molecule has 0 radical (unpaired) electrons. The molecule has 1 aliphatic carbocycles. The molecule has 0 bridgehead atoms. The lowest BCUT2D eigenvalue weighted by Crippen LogP contribution is -2.55. The highest BCUT2D eigenvalue weighted by Gasteiger charge is 2.57. The fourth-order valence-electron chi connectivity index (χ4n) is 3.71. The molecular weight excluding hydrogens is 352 g/mol. The molecule has 0 unspecified atom stereocenters. The maximum Gasteiger partial charge on any atom is 0.317 e. The second-order valence-corrected chi connectivity index (χ2v) is 6.76. The first-order valence-corrected chi connectivity index (χ1v) is 8.99. The van der Waals surface area contributed by atoms with E-state index in [1.165, 1.54) is 14.0 Å². The van der Waals surface area contributed by atoms with E-state index in [2.05, 4.69) is 0 Å². The van der Waals surface area contributed by atoms with E-state index in [0.717, 1.165) is 0 Å². The van der Waals surface area contributed by atoms with Crippen LogP contribution in [0.2, 0.25) is 0 Å². The molecule has 1 fully saturated rings. The monoisotopic (exact) mass is 378 g/mol. The zero-order valence-electron chi connectivity index (χ0n) is 16.1. The average molecular weight is 378 g/mol. The number of aliphatic hydroxyl groups is 1. The number of Topliss-reactive ketones (excluding diaryl/α,β-unsaturated/α-hetero) is 1. The van der Waals surface area contributed by atoms with Gasteiger partial charge < -0.3 is 19.3 Å². The minimum atomic E-state index is -1.64. The lowest BCUT2D eigenvalue weighted by atomic mass is 9.61. The van der Waals surface area contributed by atoms with E-state index < -0.39 is 41.1 Å². The molecule has 0 heterocycles. The van der Waals surface area contributed by atoms with Crippen molar-refractivity contribution in [3.8, 4) is 5.75 Å². The van der Waals surface area contributed by atoms with Gasteiger partial charge in [0.1, 0.15) is 11.7 Å². The molecule has 7 nitrogen and oxygen atoms in total. The number of hydrogen-bond acceptors (Lipinski definition) is 7. The van der Waals surface area contributed by atoms with Gasteiger partial charge in [0.05, 0.1) is 31.8 Å². The van der Waals surface area contributed by atoms with Gasteiger partial charge in [-0.15, -0.1) is 0 Å². The number of esters is 2. The van der Waals surface area contributed by atoms with Crippen LogP contribution in [0.25, 0.3) is 0 Å². The minimum Gasteiger partial charge on any atom is -0.497 e. The number of methoxy groups -OCH3 is 1. The first-order chi connectivity index (χ1) is 12.8. The van der Waals surface area contributed by atoms with Gasteiger partial charge >= 0.3 is 11.9 Å². The molecule has 1 N–H and O–H groups in total. The van der Waals surface area contributed by atoms with Gasteiger partial charge in [0.15, 0.2) is 5.78 Å². The van der Waals surface area contributed by atoms with Crippen LogP contribution in [0, 0.1) is 11.8 Å². The fourth-order valence-corrected chi connectivity index (χ4v) is 3.71. The third kappa shape index (κ3) is 4.30. The van der Waals surface area contributed by atoms with Gasteiger partial charge in [-0.3, -0.25) is 14.4 Å². The van der Waals surface area contributed by atoms with Gasteiger partial charge in [0.25, 0.3) is 0 Å². The molecule has 27 heavy (non-hydrogen) atoms. The van der Waals surface area contributed by atoms with E-state index in [4.69, 9.17) is 14.2 Å². The number of hydrogen-bond donors (Lipinski definition) is 1. The second kappa shape index (κ2) is 8.52. The first kappa shape index (κ1) is 20.9. The Bertz CT molecular complexity index is 693. The van der Waals surface area contributed by atoms with Crippen molar-refractivity contribution in [3.63, 3.8) is 0 Å². The summed E-state index contributed by atoms with van der Waals surface area (Å²) in [5, 5.41) is 10.9. The SMILES string of the molecule is CCOC(=O)[C@H]1C(=O)C[C@](C)(O)[C@@H](C(=O)OCC)[C@@H]1c1ccc(OC)cc1. The summed E-state index contributed by atoms with van der Waals surface area (Å²) in [6.07, 6.45) is -0.327. The number of benzene rings is 1. The highest BCUT2D eigenvalue weighted by atomic mass is 16.5. The molecule has 0 aliphatic heterocycles. The molecule has 0 amide bonds. The maximum absolute atomic E-state index is 12.7. The number of carbonyl (C=O) groups excluding carboxylic acids is 3. The number of carbonyl (C=O) groups is 3. The van der Waals surface area contributed by atoms with Gasteiger partial charge in [-0.2, -0.15) is 0 Å². The molecule has 148 valence electrons. The van der Waals surface area contributed by atoms with Gasteiger partial charge in [-0.25, -0.2) is 0 Å². The van der Waals surface area contributed by atoms with Crippen molar-refractivity contribution in [1.29, 1.82) is 0 Å². The number of ketones is 1. The van der Waals surface area contributed by atoms with Crippen molar-refractivity contribution >= 4 is 17.7 Å². The van der Waals surface area contributed by atoms with Gasteiger partial charge in [0.2, 0.25) is 0 Å². The molecule has 1 aromatic rings. The van der Waals surface area contributed by atoms with Gasteiger partial charge in [-0.1, -0.05) is 12.1 Å². The van der Waals surface area contributed by atoms with Crippen molar-refractivity contribution < 1.29 is 33.7 Å². The maximum atomic E-state index is 12.7. The highest BCUT2D eigenvalue weighted by Crippen LogP contribution is 2.46. The zero-order chi connectivity index (χ0) is 20.2. The predicted octanol–water partition coefficient (Wildman–Crippen LogP) is 1.86. The molecule has 7 heteroatoms. The second-order valence-electron chi connectivity index (χ2n) is 6.76. The van der Waals surface area contributed by atoms with Crippen molar-refractivity contribution in [2.75, 3.05) is 20.3 Å². The Kier molecular flexibility index (Phi) is 6.59. The van der Waals surface area contributed by atoms with E-state index in [9.17, 15) is 19.5 Å². The lowest BCUT2D eigenvalue weighted by molar-refractivity contribution is -0.172. The Morgan fingerprint density at radius 1 is 1.11 bits per heavy atom. The van der Waals surface area contributed by atoms with Crippen LogP contribution >= 0.6 is 0 Å². The molecule has 0 spiro atoms. The Labute approximate surface area is 158 Å². The van der Waals surface area contributed by atoms with Crippen LogP contribution in [0.5, 0.6) is 5.75 Å². The average Bonchev–Trinajstić information content (AvgIpc) is 2.60.